The van der Waals surface area contributed by atoms with Gasteiger partial charge >= 0.3 is 12.0 Å². The van der Waals surface area contributed by atoms with Crippen molar-refractivity contribution < 1.29 is 14.7 Å². The monoisotopic (exact) mass is 272 g/mol. The number of urea groups is 1. The Balaban J connectivity index is 1.91. The van der Waals surface area contributed by atoms with Gasteiger partial charge in [0, 0.05) is 24.9 Å². The Kier molecular flexibility index (Phi) is 4.04. The van der Waals surface area contributed by atoms with E-state index in [4.69, 9.17) is 0 Å². The summed E-state index contributed by atoms with van der Waals surface area (Å²) in [6.45, 7) is 2.70. The van der Waals surface area contributed by atoms with Crippen LogP contribution in [-0.2, 0) is 4.79 Å². The highest BCUT2D eigenvalue weighted by molar-refractivity contribution is 7.99. The molecule has 0 aromatic carbocycles. The largest absolute Gasteiger partial charge is 0.481 e. The Bertz CT molecular complexity index is 344. The fraction of sp³-hybridized carbons (Fsp3) is 0.833. The summed E-state index contributed by atoms with van der Waals surface area (Å²) in [7, 11) is 0. The molecule has 0 radical (unpaired) electrons. The number of carboxylic acid groups (broad SMARTS) is 1. The molecule has 2 N–H and O–H groups in total. The van der Waals surface area contributed by atoms with E-state index in [-0.39, 0.29) is 12.1 Å². The molecule has 18 heavy (non-hydrogen) atoms. The number of amides is 2. The summed E-state index contributed by atoms with van der Waals surface area (Å²) in [5, 5.41) is 12.2. The number of rotatable bonds is 2. The number of piperidine rings is 1. The summed E-state index contributed by atoms with van der Waals surface area (Å²) in [6, 6.07) is 0.148. The number of hydrogen-bond acceptors (Lipinski definition) is 3. The molecule has 6 heteroatoms. The highest BCUT2D eigenvalue weighted by atomic mass is 32.2. The average molecular weight is 272 g/mol. The van der Waals surface area contributed by atoms with Gasteiger partial charge in [-0.1, -0.05) is 0 Å². The van der Waals surface area contributed by atoms with E-state index in [1.165, 1.54) is 0 Å². The lowest BCUT2D eigenvalue weighted by Crippen LogP contribution is -2.53. The highest BCUT2D eigenvalue weighted by Gasteiger charge is 2.39. The molecule has 2 rings (SSSR count). The van der Waals surface area contributed by atoms with Crippen LogP contribution >= 0.6 is 11.8 Å². The van der Waals surface area contributed by atoms with E-state index < -0.39 is 11.4 Å². The Morgan fingerprint density at radius 2 is 2.28 bits per heavy atom. The molecule has 0 saturated carbocycles. The normalized spacial score (nSPS) is 32.3. The van der Waals surface area contributed by atoms with Gasteiger partial charge in [0.05, 0.1) is 5.41 Å². The average Bonchev–Trinajstić information content (AvgIpc) is 2.81. The van der Waals surface area contributed by atoms with E-state index in [1.807, 2.05) is 11.8 Å². The molecule has 0 aliphatic carbocycles. The number of carbonyl (C=O) groups excluding carboxylic acids is 1. The molecule has 0 aromatic rings. The van der Waals surface area contributed by atoms with Crippen LogP contribution in [0.1, 0.15) is 26.2 Å². The summed E-state index contributed by atoms with van der Waals surface area (Å²) >= 11 is 1.85. The zero-order valence-corrected chi connectivity index (χ0v) is 11.5. The quantitative estimate of drug-likeness (QED) is 0.797. The van der Waals surface area contributed by atoms with Gasteiger partial charge in [-0.2, -0.15) is 11.8 Å². The van der Waals surface area contributed by atoms with Crippen LogP contribution in [0.25, 0.3) is 0 Å². The summed E-state index contributed by atoms with van der Waals surface area (Å²) in [5.74, 6) is 1.25. The Hall–Kier alpha value is -0.910. The third-order valence-corrected chi connectivity index (χ3v) is 4.92. The van der Waals surface area contributed by atoms with Crippen LogP contribution in [0.4, 0.5) is 4.79 Å². The number of nitrogens with zero attached hydrogens (tertiary/aromatic N) is 1. The van der Waals surface area contributed by atoms with Gasteiger partial charge in [-0.15, -0.1) is 0 Å². The maximum Gasteiger partial charge on any atom is 0.317 e. The SMILES string of the molecule is CC1(C(=O)O)CCCN(C(=O)NC2CCSC2)C1. The molecule has 0 bridgehead atoms. The van der Waals surface area contributed by atoms with E-state index in [1.54, 1.807) is 11.8 Å². The molecule has 0 spiro atoms. The molecule has 2 atom stereocenters. The minimum Gasteiger partial charge on any atom is -0.481 e. The number of carbonyl (C=O) groups is 2. The summed E-state index contributed by atoms with van der Waals surface area (Å²) in [5.41, 5.74) is -0.792. The van der Waals surface area contributed by atoms with Crippen molar-refractivity contribution in [2.24, 2.45) is 5.41 Å². The van der Waals surface area contributed by atoms with Crippen molar-refractivity contribution in [3.8, 4) is 0 Å². The molecule has 2 aliphatic rings. The predicted molar refractivity (Wildman–Crippen MR) is 70.8 cm³/mol. The number of likely N-dealkylation sites (tertiary alicyclic amines) is 1. The van der Waals surface area contributed by atoms with Crippen LogP contribution in [0.15, 0.2) is 0 Å². The van der Waals surface area contributed by atoms with Gasteiger partial charge < -0.3 is 15.3 Å². The van der Waals surface area contributed by atoms with E-state index in [2.05, 4.69) is 5.32 Å². The van der Waals surface area contributed by atoms with E-state index >= 15 is 0 Å². The number of thioether (sulfide) groups is 1. The van der Waals surface area contributed by atoms with Gasteiger partial charge in [-0.05, 0) is 31.9 Å². The molecule has 5 nitrogen and oxygen atoms in total. The number of carboxylic acids is 1. The topological polar surface area (TPSA) is 69.6 Å². The first-order chi connectivity index (χ1) is 8.51. The molecular weight excluding hydrogens is 252 g/mol. The van der Waals surface area contributed by atoms with Gasteiger partial charge in [-0.3, -0.25) is 4.79 Å². The molecule has 0 aromatic heterocycles. The minimum atomic E-state index is -0.809. The second kappa shape index (κ2) is 5.38. The molecule has 2 heterocycles. The fourth-order valence-electron chi connectivity index (χ4n) is 2.50. The minimum absolute atomic E-state index is 0.102. The van der Waals surface area contributed by atoms with Crippen LogP contribution in [0, 0.1) is 5.41 Å². The van der Waals surface area contributed by atoms with Crippen LogP contribution in [0.5, 0.6) is 0 Å². The van der Waals surface area contributed by atoms with Gasteiger partial charge in [0.2, 0.25) is 0 Å². The van der Waals surface area contributed by atoms with Crippen LogP contribution in [0.2, 0.25) is 0 Å². The molecular formula is C12H20N2O3S. The van der Waals surface area contributed by atoms with E-state index in [0.717, 1.165) is 24.3 Å². The highest BCUT2D eigenvalue weighted by Crippen LogP contribution is 2.29. The van der Waals surface area contributed by atoms with Gasteiger partial charge in [-0.25, -0.2) is 4.79 Å². The van der Waals surface area contributed by atoms with Crippen molar-refractivity contribution >= 4 is 23.8 Å². The van der Waals surface area contributed by atoms with Crippen molar-refractivity contribution in [2.45, 2.75) is 32.2 Å². The standard InChI is InChI=1S/C12H20N2O3S/c1-12(10(15)16)4-2-5-14(8-12)11(17)13-9-3-6-18-7-9/h9H,2-8H2,1H3,(H,13,17)(H,15,16). The van der Waals surface area contributed by atoms with Gasteiger partial charge in [0.15, 0.2) is 0 Å². The predicted octanol–water partition coefficient (Wildman–Crippen LogP) is 1.39. The van der Waals surface area contributed by atoms with E-state index in [0.29, 0.717) is 19.5 Å². The van der Waals surface area contributed by atoms with Crippen molar-refractivity contribution in [2.75, 3.05) is 24.6 Å². The summed E-state index contributed by atoms with van der Waals surface area (Å²) in [4.78, 5) is 25.0. The van der Waals surface area contributed by atoms with Crippen LogP contribution in [0.3, 0.4) is 0 Å². The van der Waals surface area contributed by atoms with Crippen molar-refractivity contribution in [3.63, 3.8) is 0 Å². The van der Waals surface area contributed by atoms with Crippen molar-refractivity contribution in [1.29, 1.82) is 0 Å². The molecule has 2 amide bonds. The maximum absolute atomic E-state index is 12.1. The van der Waals surface area contributed by atoms with E-state index in [9.17, 15) is 14.7 Å². The smallest absolute Gasteiger partial charge is 0.317 e. The molecule has 102 valence electrons. The molecule has 2 saturated heterocycles. The Morgan fingerprint density at radius 1 is 1.50 bits per heavy atom. The van der Waals surface area contributed by atoms with Gasteiger partial charge in [0.1, 0.15) is 0 Å². The van der Waals surface area contributed by atoms with Crippen molar-refractivity contribution in [3.05, 3.63) is 0 Å². The first-order valence-corrected chi connectivity index (χ1v) is 7.53. The number of nitrogens with one attached hydrogen (secondary N) is 1. The molecule has 2 fully saturated rings. The van der Waals surface area contributed by atoms with Crippen LogP contribution < -0.4 is 5.32 Å². The Morgan fingerprint density at radius 3 is 2.89 bits per heavy atom. The second-order valence-corrected chi connectivity index (χ2v) is 6.55. The fourth-order valence-corrected chi connectivity index (χ4v) is 3.65. The van der Waals surface area contributed by atoms with Crippen LogP contribution in [-0.4, -0.2) is 52.6 Å². The number of aliphatic carboxylic acids is 1. The lowest BCUT2D eigenvalue weighted by atomic mass is 9.82. The Labute approximate surface area is 111 Å². The summed E-state index contributed by atoms with van der Waals surface area (Å²) in [6.07, 6.45) is 2.42. The first-order valence-electron chi connectivity index (χ1n) is 6.38. The second-order valence-electron chi connectivity index (χ2n) is 5.40. The third-order valence-electron chi connectivity index (χ3n) is 3.76. The zero-order valence-electron chi connectivity index (χ0n) is 10.6. The zero-order chi connectivity index (χ0) is 13.2. The van der Waals surface area contributed by atoms with Crippen molar-refractivity contribution in [1.82, 2.24) is 10.2 Å². The lowest BCUT2D eigenvalue weighted by Gasteiger charge is -2.37. The third kappa shape index (κ3) is 2.91. The maximum atomic E-state index is 12.1. The molecule has 2 unspecified atom stereocenters. The number of hydrogen-bond donors (Lipinski definition) is 2. The van der Waals surface area contributed by atoms with Gasteiger partial charge in [0.25, 0.3) is 0 Å². The first kappa shape index (κ1) is 13.5. The lowest BCUT2D eigenvalue weighted by molar-refractivity contribution is -0.150. The summed E-state index contributed by atoms with van der Waals surface area (Å²) < 4.78 is 0. The molecule has 2 aliphatic heterocycles.